The lowest BCUT2D eigenvalue weighted by Crippen LogP contribution is -2.59. The molecule has 6 rings (SSSR count). The van der Waals surface area contributed by atoms with Crippen LogP contribution in [-0.2, 0) is 9.59 Å². The predicted molar refractivity (Wildman–Crippen MR) is 145 cm³/mol. The maximum atomic E-state index is 13.7. The van der Waals surface area contributed by atoms with Gasteiger partial charge in [0.2, 0.25) is 11.8 Å². The Labute approximate surface area is 220 Å². The van der Waals surface area contributed by atoms with Crippen molar-refractivity contribution in [1.82, 2.24) is 4.90 Å². The summed E-state index contributed by atoms with van der Waals surface area (Å²) in [5.74, 6) is 3.55. The number of hydrogen-bond acceptors (Lipinski definition) is 3. The molecule has 5 nitrogen and oxygen atoms in total. The molecule has 3 fully saturated rings. The highest BCUT2D eigenvalue weighted by molar-refractivity contribution is 5.93. The minimum Gasteiger partial charge on any atom is -0.457 e. The molecule has 1 N–H and O–H groups in total. The van der Waals surface area contributed by atoms with Crippen LogP contribution in [0.4, 0.5) is 5.69 Å². The highest BCUT2D eigenvalue weighted by atomic mass is 16.5. The van der Waals surface area contributed by atoms with E-state index in [2.05, 4.69) is 25.2 Å². The standard InChI is InChI=1S/C32H38N2O3/c1-31-18-16-26-24(12-15-28-32(26,2)19-17-29(35)34(28)3)25(31)13-14-27(31)30(36)33-21-8-7-11-23(20-21)37-22-9-5-4-6-10-22/h4-11,17,19-20,24-28H,12-16,18H2,1-3H3,(H,33,36)/t24-,25-,26-,27+,28+,31-,32+/m0/s1. The van der Waals surface area contributed by atoms with Crippen molar-refractivity contribution in [3.63, 3.8) is 0 Å². The number of likely N-dealkylation sites (N-methyl/N-ethyl adjacent to an activating group) is 1. The number of nitrogens with zero attached hydrogens (tertiary/aromatic N) is 1. The number of fused-ring (bicyclic) bond motifs is 5. The van der Waals surface area contributed by atoms with Crippen molar-refractivity contribution in [2.45, 2.75) is 58.4 Å². The SMILES string of the molecule is CN1C(=O)C=C[C@]2(C)[C@H]3CC[C@]4(C)[C@@H](C(=O)Nc5cccc(Oc6ccccc6)c5)CC[C@H]4[C@@H]3CC[C@@H]12. The van der Waals surface area contributed by atoms with Gasteiger partial charge < -0.3 is 15.0 Å². The first kappa shape index (κ1) is 24.3. The summed E-state index contributed by atoms with van der Waals surface area (Å²) in [6.45, 7) is 4.75. The first-order valence-electron chi connectivity index (χ1n) is 13.9. The Kier molecular flexibility index (Phi) is 5.93. The second kappa shape index (κ2) is 9.04. The molecule has 2 aromatic carbocycles. The first-order chi connectivity index (χ1) is 17.8. The zero-order valence-corrected chi connectivity index (χ0v) is 22.2. The second-order valence-electron chi connectivity index (χ2n) is 12.2. The Bertz CT molecular complexity index is 1230. The molecule has 1 heterocycles. The first-order valence-corrected chi connectivity index (χ1v) is 13.9. The van der Waals surface area contributed by atoms with Crippen LogP contribution in [0.3, 0.4) is 0 Å². The maximum Gasteiger partial charge on any atom is 0.246 e. The minimum atomic E-state index is 0.0205. The van der Waals surface area contributed by atoms with E-state index < -0.39 is 0 Å². The normalized spacial score (nSPS) is 36.4. The van der Waals surface area contributed by atoms with Crippen LogP contribution in [0.1, 0.15) is 52.4 Å². The number of amides is 2. The van der Waals surface area contributed by atoms with E-state index in [0.29, 0.717) is 29.5 Å². The molecular weight excluding hydrogens is 460 g/mol. The van der Waals surface area contributed by atoms with E-state index in [4.69, 9.17) is 4.74 Å². The van der Waals surface area contributed by atoms with Crippen molar-refractivity contribution < 1.29 is 14.3 Å². The van der Waals surface area contributed by atoms with Gasteiger partial charge in [-0.25, -0.2) is 0 Å². The third-order valence-electron chi connectivity index (χ3n) is 10.5. The van der Waals surface area contributed by atoms with Crippen LogP contribution in [0.15, 0.2) is 66.7 Å². The molecule has 194 valence electrons. The van der Waals surface area contributed by atoms with Gasteiger partial charge in [-0.15, -0.1) is 0 Å². The molecule has 3 aliphatic carbocycles. The molecule has 0 saturated heterocycles. The van der Waals surface area contributed by atoms with Crippen molar-refractivity contribution in [3.05, 3.63) is 66.7 Å². The van der Waals surface area contributed by atoms with Crippen LogP contribution >= 0.6 is 0 Å². The van der Waals surface area contributed by atoms with Crippen LogP contribution in [0, 0.1) is 34.5 Å². The van der Waals surface area contributed by atoms with Gasteiger partial charge >= 0.3 is 0 Å². The smallest absolute Gasteiger partial charge is 0.246 e. The molecule has 0 aromatic heterocycles. The van der Waals surface area contributed by atoms with Gasteiger partial charge in [0.05, 0.1) is 0 Å². The number of hydrogen-bond donors (Lipinski definition) is 1. The predicted octanol–water partition coefficient (Wildman–Crippen LogP) is 6.67. The summed E-state index contributed by atoms with van der Waals surface area (Å²) >= 11 is 0. The molecule has 0 radical (unpaired) electrons. The average molecular weight is 499 g/mol. The lowest BCUT2D eigenvalue weighted by atomic mass is 9.47. The highest BCUT2D eigenvalue weighted by Gasteiger charge is 2.61. The average Bonchev–Trinajstić information content (AvgIpc) is 3.25. The van der Waals surface area contributed by atoms with Gasteiger partial charge in [0.1, 0.15) is 11.5 Å². The fourth-order valence-corrected chi connectivity index (χ4v) is 8.66. The third-order valence-corrected chi connectivity index (χ3v) is 10.5. The van der Waals surface area contributed by atoms with Crippen molar-refractivity contribution >= 4 is 17.5 Å². The Morgan fingerprint density at radius 3 is 2.54 bits per heavy atom. The molecule has 5 heteroatoms. The summed E-state index contributed by atoms with van der Waals surface area (Å²) in [6.07, 6.45) is 10.5. The lowest BCUT2D eigenvalue weighted by molar-refractivity contribution is -0.141. The van der Waals surface area contributed by atoms with E-state index in [1.54, 1.807) is 6.08 Å². The topological polar surface area (TPSA) is 58.6 Å². The van der Waals surface area contributed by atoms with Crippen molar-refractivity contribution in [1.29, 1.82) is 0 Å². The monoisotopic (exact) mass is 498 g/mol. The molecule has 1 aliphatic heterocycles. The largest absolute Gasteiger partial charge is 0.457 e. The zero-order chi connectivity index (χ0) is 25.8. The fourth-order valence-electron chi connectivity index (χ4n) is 8.66. The van der Waals surface area contributed by atoms with Crippen molar-refractivity contribution in [3.8, 4) is 11.5 Å². The van der Waals surface area contributed by atoms with Gasteiger partial charge in [-0.1, -0.05) is 44.2 Å². The molecule has 0 unspecified atom stereocenters. The van der Waals surface area contributed by atoms with Crippen LogP contribution < -0.4 is 10.1 Å². The van der Waals surface area contributed by atoms with E-state index in [1.165, 1.54) is 0 Å². The zero-order valence-electron chi connectivity index (χ0n) is 22.2. The maximum absolute atomic E-state index is 13.7. The van der Waals surface area contributed by atoms with Crippen molar-refractivity contribution in [2.24, 2.45) is 34.5 Å². The van der Waals surface area contributed by atoms with E-state index in [-0.39, 0.29) is 28.6 Å². The summed E-state index contributed by atoms with van der Waals surface area (Å²) in [5, 5.41) is 3.23. The summed E-state index contributed by atoms with van der Waals surface area (Å²) in [7, 11) is 1.97. The number of nitrogens with one attached hydrogen (secondary N) is 1. The van der Waals surface area contributed by atoms with Crippen LogP contribution in [0.2, 0.25) is 0 Å². The quantitative estimate of drug-likeness (QED) is 0.512. The van der Waals surface area contributed by atoms with Gasteiger partial charge in [0.15, 0.2) is 0 Å². The number of anilines is 1. The summed E-state index contributed by atoms with van der Waals surface area (Å²) in [4.78, 5) is 28.0. The summed E-state index contributed by atoms with van der Waals surface area (Å²) in [5.41, 5.74) is 0.839. The van der Waals surface area contributed by atoms with E-state index in [1.807, 2.05) is 66.5 Å². The van der Waals surface area contributed by atoms with E-state index in [0.717, 1.165) is 50.0 Å². The lowest BCUT2D eigenvalue weighted by Gasteiger charge is -2.60. The van der Waals surface area contributed by atoms with Gasteiger partial charge in [-0.05, 0) is 92.0 Å². The van der Waals surface area contributed by atoms with Crippen LogP contribution in [0.5, 0.6) is 11.5 Å². The number of rotatable bonds is 4. The van der Waals surface area contributed by atoms with Crippen molar-refractivity contribution in [2.75, 3.05) is 12.4 Å². The Morgan fingerprint density at radius 2 is 1.73 bits per heavy atom. The Balaban J connectivity index is 1.18. The molecule has 7 atom stereocenters. The molecule has 0 bridgehead atoms. The third kappa shape index (κ3) is 3.98. The number of carbonyl (C=O) groups is 2. The fraction of sp³-hybridized carbons (Fsp3) is 0.500. The van der Waals surface area contributed by atoms with Gasteiger partial charge in [0, 0.05) is 36.2 Å². The molecule has 0 spiro atoms. The van der Waals surface area contributed by atoms with E-state index in [9.17, 15) is 9.59 Å². The van der Waals surface area contributed by atoms with Gasteiger partial charge in [0.25, 0.3) is 0 Å². The molecule has 4 aliphatic rings. The number of para-hydroxylation sites is 1. The number of benzene rings is 2. The number of carbonyl (C=O) groups excluding carboxylic acids is 2. The molecule has 3 saturated carbocycles. The van der Waals surface area contributed by atoms with Gasteiger partial charge in [-0.3, -0.25) is 9.59 Å². The highest BCUT2D eigenvalue weighted by Crippen LogP contribution is 2.65. The summed E-state index contributed by atoms with van der Waals surface area (Å²) < 4.78 is 5.98. The molecular formula is C32H38N2O3. The molecule has 2 aromatic rings. The number of ether oxygens (including phenoxy) is 1. The Morgan fingerprint density at radius 1 is 0.946 bits per heavy atom. The molecule has 37 heavy (non-hydrogen) atoms. The minimum absolute atomic E-state index is 0.0205. The molecule has 2 amide bonds. The van der Waals surface area contributed by atoms with E-state index >= 15 is 0 Å². The van der Waals surface area contributed by atoms with Crippen LogP contribution in [0.25, 0.3) is 0 Å². The Hall–Kier alpha value is -3.08. The second-order valence-corrected chi connectivity index (χ2v) is 12.2. The van der Waals surface area contributed by atoms with Gasteiger partial charge in [-0.2, -0.15) is 0 Å². The van der Waals surface area contributed by atoms with Crippen LogP contribution in [-0.4, -0.2) is 29.8 Å². The summed E-state index contributed by atoms with van der Waals surface area (Å²) in [6, 6.07) is 17.7.